The highest BCUT2D eigenvalue weighted by atomic mass is 35.5. The van der Waals surface area contributed by atoms with E-state index in [0.29, 0.717) is 34.0 Å². The molecule has 0 saturated carbocycles. The molecule has 2 aliphatic rings. The maximum Gasteiger partial charge on any atom is 0.336 e. The highest BCUT2D eigenvalue weighted by Gasteiger charge is 2.39. The van der Waals surface area contributed by atoms with Gasteiger partial charge in [-0.25, -0.2) is 4.79 Å². The first-order valence-electron chi connectivity index (χ1n) is 8.13. The van der Waals surface area contributed by atoms with E-state index in [1.54, 1.807) is 19.2 Å². The molecule has 1 heterocycles. The first-order valence-corrected chi connectivity index (χ1v) is 8.51. The number of nitrogens with one attached hydrogen (secondary N) is 1. The third kappa shape index (κ3) is 3.04. The van der Waals surface area contributed by atoms with Crippen molar-refractivity contribution in [3.8, 4) is 5.75 Å². The van der Waals surface area contributed by atoms with E-state index in [0.717, 1.165) is 24.1 Å². The van der Waals surface area contributed by atoms with E-state index in [-0.39, 0.29) is 5.78 Å². The van der Waals surface area contributed by atoms with Crippen LogP contribution in [0.1, 0.15) is 37.7 Å². The van der Waals surface area contributed by atoms with E-state index >= 15 is 0 Å². The first-order chi connectivity index (χ1) is 12.0. The zero-order valence-corrected chi connectivity index (χ0v) is 15.2. The molecule has 25 heavy (non-hydrogen) atoms. The number of methoxy groups -OCH3 is 2. The van der Waals surface area contributed by atoms with Crippen LogP contribution < -0.4 is 10.1 Å². The molecule has 0 bridgehead atoms. The lowest BCUT2D eigenvalue weighted by Gasteiger charge is -2.34. The van der Waals surface area contributed by atoms with Crippen molar-refractivity contribution >= 4 is 23.4 Å². The SMILES string of the molecule is COC(=O)C1=C(C)NC2=C(C(=O)CCC2)[C@@H]1c1ccc(OC)c(Cl)c1. The molecule has 3 rings (SSSR count). The number of rotatable bonds is 3. The number of dihydropyridines is 1. The highest BCUT2D eigenvalue weighted by Crippen LogP contribution is 2.43. The van der Waals surface area contributed by atoms with Gasteiger partial charge in [0, 0.05) is 29.3 Å². The van der Waals surface area contributed by atoms with Crippen LogP contribution in [0.2, 0.25) is 5.02 Å². The number of allylic oxidation sites excluding steroid dienone is 3. The molecule has 1 aromatic rings. The van der Waals surface area contributed by atoms with Gasteiger partial charge in [0.05, 0.1) is 24.8 Å². The summed E-state index contributed by atoms with van der Waals surface area (Å²) in [5.41, 5.74) is 3.45. The second-order valence-electron chi connectivity index (χ2n) is 6.15. The van der Waals surface area contributed by atoms with Crippen molar-refractivity contribution in [3.05, 3.63) is 51.3 Å². The van der Waals surface area contributed by atoms with Gasteiger partial charge < -0.3 is 14.8 Å². The van der Waals surface area contributed by atoms with Crippen molar-refractivity contribution in [2.75, 3.05) is 14.2 Å². The number of Topliss-reactive ketones (excluding diaryl/α,β-unsaturated/α-hetero) is 1. The molecule has 0 spiro atoms. The average Bonchev–Trinajstić information content (AvgIpc) is 2.60. The summed E-state index contributed by atoms with van der Waals surface area (Å²) in [6.45, 7) is 1.83. The van der Waals surface area contributed by atoms with Crippen LogP contribution >= 0.6 is 11.6 Å². The zero-order chi connectivity index (χ0) is 18.1. The maximum atomic E-state index is 12.7. The molecule has 1 aliphatic heterocycles. The number of hydrogen-bond acceptors (Lipinski definition) is 5. The fraction of sp³-hybridized carbons (Fsp3) is 0.368. The number of benzene rings is 1. The van der Waals surface area contributed by atoms with Gasteiger partial charge in [-0.15, -0.1) is 0 Å². The lowest BCUT2D eigenvalue weighted by Crippen LogP contribution is -2.34. The minimum absolute atomic E-state index is 0.0552. The molecule has 0 saturated heterocycles. The fourth-order valence-electron chi connectivity index (χ4n) is 3.56. The van der Waals surface area contributed by atoms with Gasteiger partial charge in [0.2, 0.25) is 0 Å². The van der Waals surface area contributed by atoms with Crippen molar-refractivity contribution in [2.24, 2.45) is 0 Å². The van der Waals surface area contributed by atoms with Gasteiger partial charge in [-0.3, -0.25) is 4.79 Å². The van der Waals surface area contributed by atoms with Gasteiger partial charge in [0.1, 0.15) is 5.75 Å². The molecule has 1 atom stereocenters. The summed E-state index contributed by atoms with van der Waals surface area (Å²) in [6.07, 6.45) is 2.07. The molecule has 0 amide bonds. The van der Waals surface area contributed by atoms with Gasteiger partial charge >= 0.3 is 5.97 Å². The van der Waals surface area contributed by atoms with Crippen molar-refractivity contribution in [2.45, 2.75) is 32.1 Å². The number of esters is 1. The number of carbonyl (C=O) groups is 2. The summed E-state index contributed by atoms with van der Waals surface area (Å²) in [5.74, 6) is -0.338. The van der Waals surface area contributed by atoms with Crippen molar-refractivity contribution in [3.63, 3.8) is 0 Å². The fourth-order valence-corrected chi connectivity index (χ4v) is 3.83. The molecular weight excluding hydrogens is 342 g/mol. The van der Waals surface area contributed by atoms with Crippen LogP contribution in [0.15, 0.2) is 40.7 Å². The number of ketones is 1. The molecule has 1 N–H and O–H groups in total. The Morgan fingerprint density at radius 1 is 1.28 bits per heavy atom. The van der Waals surface area contributed by atoms with Crippen molar-refractivity contribution in [1.82, 2.24) is 5.32 Å². The summed E-state index contributed by atoms with van der Waals surface area (Å²) in [5, 5.41) is 3.67. The minimum Gasteiger partial charge on any atom is -0.495 e. The van der Waals surface area contributed by atoms with E-state index in [1.807, 2.05) is 13.0 Å². The van der Waals surface area contributed by atoms with Gasteiger partial charge in [0.25, 0.3) is 0 Å². The molecule has 0 radical (unpaired) electrons. The van der Waals surface area contributed by atoms with E-state index in [4.69, 9.17) is 21.1 Å². The Hall–Kier alpha value is -2.27. The first kappa shape index (κ1) is 17.5. The normalized spacial score (nSPS) is 20.2. The van der Waals surface area contributed by atoms with Gasteiger partial charge in [-0.1, -0.05) is 17.7 Å². The molecule has 6 heteroatoms. The highest BCUT2D eigenvalue weighted by molar-refractivity contribution is 6.32. The topological polar surface area (TPSA) is 64.6 Å². The summed E-state index contributed by atoms with van der Waals surface area (Å²) >= 11 is 6.28. The van der Waals surface area contributed by atoms with E-state index < -0.39 is 11.9 Å². The standard InChI is InChI=1S/C19H20ClNO4/c1-10-16(19(23)25-3)17(11-7-8-15(24-2)12(20)9-11)18-13(21-10)5-4-6-14(18)22/h7-9,17,21H,4-6H2,1-3H3/t17-/m1/s1. The van der Waals surface area contributed by atoms with E-state index in [9.17, 15) is 9.59 Å². The molecule has 0 unspecified atom stereocenters. The molecule has 0 fully saturated rings. The number of carbonyl (C=O) groups excluding carboxylic acids is 2. The van der Waals surface area contributed by atoms with Crippen molar-refractivity contribution < 1.29 is 19.1 Å². The van der Waals surface area contributed by atoms with Crippen LogP contribution in [0.25, 0.3) is 0 Å². The summed E-state index contributed by atoms with van der Waals surface area (Å²) in [7, 11) is 2.88. The van der Waals surface area contributed by atoms with E-state index in [1.165, 1.54) is 7.11 Å². The largest absolute Gasteiger partial charge is 0.495 e. The van der Waals surface area contributed by atoms with Crippen LogP contribution in [-0.4, -0.2) is 26.0 Å². The third-order valence-corrected chi connectivity index (χ3v) is 4.99. The second-order valence-corrected chi connectivity index (χ2v) is 6.56. The Morgan fingerprint density at radius 3 is 2.68 bits per heavy atom. The zero-order valence-electron chi connectivity index (χ0n) is 14.4. The minimum atomic E-state index is -0.486. The van der Waals surface area contributed by atoms with Crippen LogP contribution in [0.4, 0.5) is 0 Å². The Bertz CT molecular complexity index is 810. The van der Waals surface area contributed by atoms with Crippen LogP contribution in [0.5, 0.6) is 5.75 Å². The number of halogens is 1. The Balaban J connectivity index is 2.19. The van der Waals surface area contributed by atoms with Gasteiger partial charge in [-0.2, -0.15) is 0 Å². The third-order valence-electron chi connectivity index (χ3n) is 4.69. The number of hydrogen-bond donors (Lipinski definition) is 1. The summed E-state index contributed by atoms with van der Waals surface area (Å²) in [4.78, 5) is 25.1. The maximum absolute atomic E-state index is 12.7. The predicted molar refractivity (Wildman–Crippen MR) is 94.5 cm³/mol. The van der Waals surface area contributed by atoms with Crippen LogP contribution in [-0.2, 0) is 14.3 Å². The van der Waals surface area contributed by atoms with E-state index in [2.05, 4.69) is 5.32 Å². The summed E-state index contributed by atoms with van der Waals surface area (Å²) < 4.78 is 10.2. The Labute approximate surface area is 151 Å². The quantitative estimate of drug-likeness (QED) is 0.835. The lowest BCUT2D eigenvalue weighted by atomic mass is 9.75. The Morgan fingerprint density at radius 2 is 2.04 bits per heavy atom. The molecule has 1 aliphatic carbocycles. The molecule has 0 aromatic heterocycles. The molecule has 132 valence electrons. The van der Waals surface area contributed by atoms with Gasteiger partial charge in [-0.05, 0) is 37.5 Å². The second kappa shape index (κ2) is 6.92. The molecular formula is C19H20ClNO4. The number of ether oxygens (including phenoxy) is 2. The summed E-state index contributed by atoms with van der Waals surface area (Å²) in [6, 6.07) is 5.33. The average molecular weight is 362 g/mol. The van der Waals surface area contributed by atoms with Gasteiger partial charge in [0.15, 0.2) is 5.78 Å². The monoisotopic (exact) mass is 361 g/mol. The molecule has 1 aromatic carbocycles. The van der Waals surface area contributed by atoms with Crippen molar-refractivity contribution in [1.29, 1.82) is 0 Å². The smallest absolute Gasteiger partial charge is 0.336 e. The predicted octanol–water partition coefficient (Wildman–Crippen LogP) is 3.49. The van der Waals surface area contributed by atoms with Crippen LogP contribution in [0, 0.1) is 0 Å². The van der Waals surface area contributed by atoms with Crippen LogP contribution in [0.3, 0.4) is 0 Å². The Kier molecular flexibility index (Phi) is 4.86. The molecule has 5 nitrogen and oxygen atoms in total. The lowest BCUT2D eigenvalue weighted by molar-refractivity contribution is -0.136.